The van der Waals surface area contributed by atoms with Gasteiger partial charge in [-0.05, 0) is 54.0 Å². The van der Waals surface area contributed by atoms with Gasteiger partial charge in [-0.2, -0.15) is 0 Å². The molecule has 0 bridgehead atoms. The average molecular weight is 282 g/mol. The maximum Gasteiger partial charge on any atom is 0.0708 e. The lowest BCUT2D eigenvalue weighted by Gasteiger charge is -2.14. The van der Waals surface area contributed by atoms with Crippen LogP contribution in [-0.2, 0) is 6.54 Å². The minimum atomic E-state index is 0.471. The number of nitrogens with one attached hydrogen (secondary N) is 1. The van der Waals surface area contributed by atoms with Crippen molar-refractivity contribution in [3.8, 4) is 0 Å². The van der Waals surface area contributed by atoms with Crippen molar-refractivity contribution in [1.29, 1.82) is 0 Å². The first-order valence-corrected chi connectivity index (χ1v) is 8.21. The molecule has 2 heteroatoms. The van der Waals surface area contributed by atoms with Crippen LogP contribution in [0, 0.1) is 0 Å². The molecule has 1 heterocycles. The summed E-state index contributed by atoms with van der Waals surface area (Å²) < 4.78 is 0. The largest absolute Gasteiger partial charge is 0.310 e. The van der Waals surface area contributed by atoms with E-state index in [1.54, 1.807) is 0 Å². The second kappa shape index (κ2) is 5.76. The second-order valence-electron chi connectivity index (χ2n) is 6.95. The first kappa shape index (κ1) is 14.5. The fraction of sp³-hybridized carbons (Fsp3) is 0.526. The molecule has 1 fully saturated rings. The molecule has 1 aliphatic rings. The molecule has 0 spiro atoms. The van der Waals surface area contributed by atoms with Crippen molar-refractivity contribution >= 4 is 10.9 Å². The minimum absolute atomic E-state index is 0.471. The highest BCUT2D eigenvalue weighted by Crippen LogP contribution is 2.27. The van der Waals surface area contributed by atoms with Gasteiger partial charge in [0, 0.05) is 23.7 Å². The first-order valence-electron chi connectivity index (χ1n) is 8.21. The number of hydrogen-bond donors (Lipinski definition) is 1. The van der Waals surface area contributed by atoms with Crippen LogP contribution in [0.15, 0.2) is 24.3 Å². The van der Waals surface area contributed by atoms with Crippen LogP contribution in [-0.4, -0.2) is 11.0 Å². The predicted molar refractivity (Wildman–Crippen MR) is 89.8 cm³/mol. The fourth-order valence-corrected chi connectivity index (χ4v) is 2.68. The Kier molecular flexibility index (Phi) is 3.99. The van der Waals surface area contributed by atoms with Gasteiger partial charge in [-0.1, -0.05) is 33.8 Å². The van der Waals surface area contributed by atoms with Gasteiger partial charge in [0.05, 0.1) is 5.52 Å². The zero-order valence-corrected chi connectivity index (χ0v) is 13.6. The molecule has 0 radical (unpaired) electrons. The molecular weight excluding hydrogens is 256 g/mol. The Morgan fingerprint density at radius 2 is 1.86 bits per heavy atom. The van der Waals surface area contributed by atoms with Crippen LogP contribution in [0.1, 0.15) is 69.2 Å². The van der Waals surface area contributed by atoms with Gasteiger partial charge >= 0.3 is 0 Å². The molecular formula is C19H26N2. The van der Waals surface area contributed by atoms with E-state index in [4.69, 9.17) is 4.98 Å². The summed E-state index contributed by atoms with van der Waals surface area (Å²) in [6, 6.07) is 9.79. The molecule has 0 atom stereocenters. The van der Waals surface area contributed by atoms with Gasteiger partial charge in [-0.3, -0.25) is 4.98 Å². The summed E-state index contributed by atoms with van der Waals surface area (Å²) in [6.45, 7) is 9.90. The molecule has 112 valence electrons. The standard InChI is InChI=1S/C19H26N2/c1-12(2)14-5-8-18-17(9-14)15(11-20-16-6-7-16)10-19(21-18)13(3)4/h5,8-10,12-13,16,20H,6-7,11H2,1-4H3. The Balaban J connectivity index is 2.05. The Hall–Kier alpha value is -1.41. The van der Waals surface area contributed by atoms with Gasteiger partial charge < -0.3 is 5.32 Å². The summed E-state index contributed by atoms with van der Waals surface area (Å²) in [5, 5.41) is 4.97. The third-order valence-corrected chi connectivity index (χ3v) is 4.35. The Morgan fingerprint density at radius 1 is 1.10 bits per heavy atom. The highest BCUT2D eigenvalue weighted by atomic mass is 14.9. The van der Waals surface area contributed by atoms with Gasteiger partial charge in [0.1, 0.15) is 0 Å². The highest BCUT2D eigenvalue weighted by Gasteiger charge is 2.20. The molecule has 1 aliphatic carbocycles. The van der Waals surface area contributed by atoms with Crippen LogP contribution < -0.4 is 5.32 Å². The van der Waals surface area contributed by atoms with Gasteiger partial charge in [0.25, 0.3) is 0 Å². The van der Waals surface area contributed by atoms with E-state index >= 15 is 0 Å². The van der Waals surface area contributed by atoms with Crippen molar-refractivity contribution in [2.24, 2.45) is 0 Å². The van der Waals surface area contributed by atoms with E-state index in [0.717, 1.165) is 18.1 Å². The quantitative estimate of drug-likeness (QED) is 0.857. The zero-order valence-electron chi connectivity index (χ0n) is 13.6. The summed E-state index contributed by atoms with van der Waals surface area (Å²) in [6.07, 6.45) is 2.66. The molecule has 0 saturated heterocycles. The lowest BCUT2D eigenvalue weighted by atomic mass is 9.97. The highest BCUT2D eigenvalue weighted by molar-refractivity contribution is 5.83. The van der Waals surface area contributed by atoms with Crippen molar-refractivity contribution in [2.75, 3.05) is 0 Å². The summed E-state index contributed by atoms with van der Waals surface area (Å²) >= 11 is 0. The van der Waals surface area contributed by atoms with E-state index < -0.39 is 0 Å². The molecule has 3 rings (SSSR count). The van der Waals surface area contributed by atoms with Gasteiger partial charge in [-0.25, -0.2) is 0 Å². The van der Waals surface area contributed by atoms with Crippen LogP contribution >= 0.6 is 0 Å². The molecule has 1 aromatic heterocycles. The second-order valence-corrected chi connectivity index (χ2v) is 6.95. The molecule has 0 amide bonds. The zero-order chi connectivity index (χ0) is 15.0. The Labute approximate surface area is 128 Å². The van der Waals surface area contributed by atoms with Crippen molar-refractivity contribution in [3.05, 3.63) is 41.1 Å². The maximum atomic E-state index is 4.85. The van der Waals surface area contributed by atoms with E-state index in [1.165, 1.54) is 35.0 Å². The first-order chi connectivity index (χ1) is 10.0. The number of nitrogens with zero attached hydrogens (tertiary/aromatic N) is 1. The third kappa shape index (κ3) is 3.26. The number of pyridine rings is 1. The van der Waals surface area contributed by atoms with Gasteiger partial charge in [0.15, 0.2) is 0 Å². The van der Waals surface area contributed by atoms with E-state index in [9.17, 15) is 0 Å². The number of hydrogen-bond acceptors (Lipinski definition) is 2. The molecule has 0 unspecified atom stereocenters. The van der Waals surface area contributed by atoms with Gasteiger partial charge in [0.2, 0.25) is 0 Å². The van der Waals surface area contributed by atoms with Gasteiger partial charge in [-0.15, -0.1) is 0 Å². The molecule has 2 aromatic rings. The third-order valence-electron chi connectivity index (χ3n) is 4.35. The lowest BCUT2D eigenvalue weighted by Crippen LogP contribution is -2.16. The van der Waals surface area contributed by atoms with Crippen molar-refractivity contribution in [1.82, 2.24) is 10.3 Å². The van der Waals surface area contributed by atoms with Crippen molar-refractivity contribution < 1.29 is 0 Å². The number of aromatic nitrogens is 1. The van der Waals surface area contributed by atoms with E-state index in [-0.39, 0.29) is 0 Å². The number of fused-ring (bicyclic) bond motifs is 1. The lowest BCUT2D eigenvalue weighted by molar-refractivity contribution is 0.688. The van der Waals surface area contributed by atoms with Crippen molar-refractivity contribution in [2.45, 2.75) is 65.0 Å². The smallest absolute Gasteiger partial charge is 0.0708 e. The Bertz CT molecular complexity index is 639. The van der Waals surface area contributed by atoms with E-state index in [1.807, 2.05) is 0 Å². The molecule has 0 aliphatic heterocycles. The van der Waals surface area contributed by atoms with Crippen LogP contribution in [0.3, 0.4) is 0 Å². The van der Waals surface area contributed by atoms with Crippen LogP contribution in [0.25, 0.3) is 10.9 Å². The van der Waals surface area contributed by atoms with Crippen LogP contribution in [0.5, 0.6) is 0 Å². The summed E-state index contributed by atoms with van der Waals surface area (Å²) in [5.41, 5.74) is 5.14. The van der Waals surface area contributed by atoms with Crippen molar-refractivity contribution in [3.63, 3.8) is 0 Å². The van der Waals surface area contributed by atoms with E-state index in [0.29, 0.717) is 11.8 Å². The molecule has 1 aromatic carbocycles. The monoisotopic (exact) mass is 282 g/mol. The van der Waals surface area contributed by atoms with E-state index in [2.05, 4.69) is 57.3 Å². The average Bonchev–Trinajstić information content (AvgIpc) is 3.27. The molecule has 21 heavy (non-hydrogen) atoms. The number of benzene rings is 1. The topological polar surface area (TPSA) is 24.9 Å². The molecule has 1 saturated carbocycles. The molecule has 1 N–H and O–H groups in total. The maximum absolute atomic E-state index is 4.85. The Morgan fingerprint density at radius 3 is 2.48 bits per heavy atom. The minimum Gasteiger partial charge on any atom is -0.310 e. The summed E-state index contributed by atoms with van der Waals surface area (Å²) in [5.74, 6) is 1.03. The SMILES string of the molecule is CC(C)c1ccc2nc(C(C)C)cc(CNC3CC3)c2c1. The fourth-order valence-electron chi connectivity index (χ4n) is 2.68. The predicted octanol–water partition coefficient (Wildman–Crippen LogP) is 4.73. The van der Waals surface area contributed by atoms with Crippen LogP contribution in [0.2, 0.25) is 0 Å². The summed E-state index contributed by atoms with van der Waals surface area (Å²) in [4.78, 5) is 4.85. The number of rotatable bonds is 5. The molecule has 2 nitrogen and oxygen atoms in total. The van der Waals surface area contributed by atoms with Crippen LogP contribution in [0.4, 0.5) is 0 Å². The summed E-state index contributed by atoms with van der Waals surface area (Å²) in [7, 11) is 0. The normalized spacial score (nSPS) is 15.3.